The fraction of sp³-hybridized carbons (Fsp3) is 0.130. The Labute approximate surface area is 192 Å². The molecular weight excluding hydrogens is 444 g/mol. The molecule has 0 spiro atoms. The molecule has 2 N–H and O–H groups in total. The van der Waals surface area contributed by atoms with Crippen LogP contribution < -0.4 is 15.6 Å². The Morgan fingerprint density at radius 1 is 1.09 bits per heavy atom. The monoisotopic (exact) mass is 464 g/mol. The minimum absolute atomic E-state index is 0.0949. The molecule has 2 aromatic carbocycles. The third kappa shape index (κ3) is 5.24. The largest absolute Gasteiger partial charge is 0.497 e. The summed E-state index contributed by atoms with van der Waals surface area (Å²) in [6, 6.07) is 18.5. The van der Waals surface area contributed by atoms with Crippen molar-refractivity contribution in [2.45, 2.75) is 12.1 Å². The van der Waals surface area contributed by atoms with Crippen molar-refractivity contribution in [3.63, 3.8) is 0 Å². The number of H-pyrrole nitrogens is 1. The van der Waals surface area contributed by atoms with Crippen LogP contribution in [-0.4, -0.2) is 33.7 Å². The van der Waals surface area contributed by atoms with E-state index in [1.54, 1.807) is 7.11 Å². The Bertz CT molecular complexity index is 1280. The maximum Gasteiger partial charge on any atom is 0.252 e. The van der Waals surface area contributed by atoms with Crippen LogP contribution in [-0.2, 0) is 4.79 Å². The van der Waals surface area contributed by atoms with Gasteiger partial charge in [0.1, 0.15) is 5.75 Å². The fourth-order valence-corrected chi connectivity index (χ4v) is 4.54. The number of nitrogens with zero attached hydrogens (tertiary/aromatic N) is 2. The standard InChI is InChI=1S/C23H20N4O3S2/c1-14-21(16-8-10-17(30-2)11-9-16)27-23(32-14)26-20(29)13-31-22-24-18(12-19(28)25-22)15-6-4-3-5-7-15/h3-12H,13H2,1-2H3,(H,24,25,28)(H,26,27,29). The van der Waals surface area contributed by atoms with E-state index in [4.69, 9.17) is 4.74 Å². The summed E-state index contributed by atoms with van der Waals surface area (Å²) >= 11 is 2.58. The molecular formula is C23H20N4O3S2. The minimum atomic E-state index is -0.263. The summed E-state index contributed by atoms with van der Waals surface area (Å²) in [5.41, 5.74) is 2.92. The summed E-state index contributed by atoms with van der Waals surface area (Å²) in [5.74, 6) is 0.644. The zero-order valence-corrected chi connectivity index (χ0v) is 19.0. The zero-order valence-electron chi connectivity index (χ0n) is 17.4. The molecule has 0 fully saturated rings. The molecule has 0 bridgehead atoms. The number of aromatic amines is 1. The number of benzene rings is 2. The van der Waals surface area contributed by atoms with E-state index in [0.29, 0.717) is 16.0 Å². The molecule has 1 amide bonds. The van der Waals surface area contributed by atoms with Gasteiger partial charge in [-0.05, 0) is 31.2 Å². The third-order valence-corrected chi connectivity index (χ3v) is 6.30. The van der Waals surface area contributed by atoms with E-state index in [1.807, 2.05) is 61.5 Å². The minimum Gasteiger partial charge on any atom is -0.497 e. The number of rotatable bonds is 7. The van der Waals surface area contributed by atoms with E-state index < -0.39 is 0 Å². The molecule has 4 rings (SSSR count). The molecule has 0 radical (unpaired) electrons. The van der Waals surface area contributed by atoms with E-state index in [0.717, 1.165) is 27.4 Å². The Morgan fingerprint density at radius 3 is 2.56 bits per heavy atom. The van der Waals surface area contributed by atoms with Gasteiger partial charge in [-0.1, -0.05) is 42.1 Å². The molecule has 0 saturated heterocycles. The quantitative estimate of drug-likeness (QED) is 0.306. The Balaban J connectivity index is 1.41. The molecule has 0 aliphatic heterocycles. The number of anilines is 1. The normalized spacial score (nSPS) is 10.7. The molecule has 162 valence electrons. The third-order valence-electron chi connectivity index (χ3n) is 4.54. The highest BCUT2D eigenvalue weighted by molar-refractivity contribution is 7.99. The fourth-order valence-electron chi connectivity index (χ4n) is 3.02. The van der Waals surface area contributed by atoms with Gasteiger partial charge in [-0.15, -0.1) is 11.3 Å². The highest BCUT2D eigenvalue weighted by Crippen LogP contribution is 2.31. The van der Waals surface area contributed by atoms with Crippen molar-refractivity contribution in [3.05, 3.63) is 75.9 Å². The van der Waals surface area contributed by atoms with Crippen molar-refractivity contribution in [2.24, 2.45) is 0 Å². The molecule has 0 unspecified atom stereocenters. The van der Waals surface area contributed by atoms with Gasteiger partial charge in [0.15, 0.2) is 10.3 Å². The molecule has 2 aromatic heterocycles. The van der Waals surface area contributed by atoms with Gasteiger partial charge in [-0.2, -0.15) is 0 Å². The number of carbonyl (C=O) groups excluding carboxylic acids is 1. The van der Waals surface area contributed by atoms with Crippen molar-refractivity contribution in [3.8, 4) is 28.3 Å². The van der Waals surface area contributed by atoms with Gasteiger partial charge >= 0.3 is 0 Å². The summed E-state index contributed by atoms with van der Waals surface area (Å²) in [4.78, 5) is 37.2. The number of methoxy groups -OCH3 is 1. The van der Waals surface area contributed by atoms with Crippen molar-refractivity contribution in [2.75, 3.05) is 18.2 Å². The highest BCUT2D eigenvalue weighted by atomic mass is 32.2. The number of thiazole rings is 1. The smallest absolute Gasteiger partial charge is 0.252 e. The van der Waals surface area contributed by atoms with E-state index >= 15 is 0 Å². The van der Waals surface area contributed by atoms with Gasteiger partial charge in [0.05, 0.1) is 24.3 Å². The van der Waals surface area contributed by atoms with Crippen molar-refractivity contribution >= 4 is 34.1 Å². The molecule has 0 aliphatic rings. The number of ether oxygens (including phenoxy) is 1. The van der Waals surface area contributed by atoms with Crippen LogP contribution >= 0.6 is 23.1 Å². The van der Waals surface area contributed by atoms with Crippen molar-refractivity contribution in [1.29, 1.82) is 0 Å². The summed E-state index contributed by atoms with van der Waals surface area (Å²) in [5, 5.41) is 3.75. The van der Waals surface area contributed by atoms with Gasteiger partial charge in [0, 0.05) is 22.1 Å². The molecule has 7 nitrogen and oxygen atoms in total. The van der Waals surface area contributed by atoms with Crippen LogP contribution in [0.15, 0.2) is 70.6 Å². The molecule has 0 saturated carbocycles. The number of nitrogens with one attached hydrogen (secondary N) is 2. The maximum absolute atomic E-state index is 12.5. The second kappa shape index (κ2) is 9.80. The molecule has 2 heterocycles. The molecule has 0 aliphatic carbocycles. The first-order valence-corrected chi connectivity index (χ1v) is 11.5. The second-order valence-electron chi connectivity index (χ2n) is 6.79. The predicted octanol–water partition coefficient (Wildman–Crippen LogP) is 4.61. The predicted molar refractivity (Wildman–Crippen MR) is 128 cm³/mol. The van der Waals surface area contributed by atoms with Crippen LogP contribution in [0.3, 0.4) is 0 Å². The summed E-state index contributed by atoms with van der Waals surface area (Å²) < 4.78 is 5.19. The number of hydrogen-bond donors (Lipinski definition) is 2. The van der Waals surface area contributed by atoms with Crippen LogP contribution in [0.1, 0.15) is 4.88 Å². The highest BCUT2D eigenvalue weighted by Gasteiger charge is 2.13. The second-order valence-corrected chi connectivity index (χ2v) is 8.96. The first kappa shape index (κ1) is 21.8. The average Bonchev–Trinajstić information content (AvgIpc) is 3.17. The van der Waals surface area contributed by atoms with Crippen LogP contribution in [0.4, 0.5) is 5.13 Å². The zero-order chi connectivity index (χ0) is 22.5. The number of amides is 1. The molecule has 0 atom stereocenters. The van der Waals surface area contributed by atoms with Crippen LogP contribution in [0.2, 0.25) is 0 Å². The van der Waals surface area contributed by atoms with Crippen LogP contribution in [0.5, 0.6) is 5.75 Å². The number of hydrogen-bond acceptors (Lipinski definition) is 7. The SMILES string of the molecule is COc1ccc(-c2nc(NC(=O)CSc3nc(-c4ccccc4)cc(=O)[nH]3)sc2C)cc1. The number of carbonyl (C=O) groups is 1. The van der Waals surface area contributed by atoms with E-state index in [9.17, 15) is 9.59 Å². The molecule has 32 heavy (non-hydrogen) atoms. The van der Waals surface area contributed by atoms with E-state index in [1.165, 1.54) is 29.2 Å². The lowest BCUT2D eigenvalue weighted by molar-refractivity contribution is -0.113. The van der Waals surface area contributed by atoms with Crippen LogP contribution in [0, 0.1) is 6.92 Å². The summed E-state index contributed by atoms with van der Waals surface area (Å²) in [6.45, 7) is 1.96. The number of thioether (sulfide) groups is 1. The summed E-state index contributed by atoms with van der Waals surface area (Å²) in [6.07, 6.45) is 0. The summed E-state index contributed by atoms with van der Waals surface area (Å²) in [7, 11) is 1.62. The number of aromatic nitrogens is 3. The average molecular weight is 465 g/mol. The van der Waals surface area contributed by atoms with Gasteiger partial charge in [0.25, 0.3) is 5.56 Å². The lowest BCUT2D eigenvalue weighted by Crippen LogP contribution is -2.15. The molecule has 4 aromatic rings. The topological polar surface area (TPSA) is 97.0 Å². The van der Waals surface area contributed by atoms with Gasteiger partial charge in [-0.3, -0.25) is 9.59 Å². The first-order chi connectivity index (χ1) is 15.5. The lowest BCUT2D eigenvalue weighted by atomic mass is 10.1. The maximum atomic E-state index is 12.5. The van der Waals surface area contributed by atoms with Crippen molar-refractivity contribution < 1.29 is 9.53 Å². The van der Waals surface area contributed by atoms with Crippen molar-refractivity contribution in [1.82, 2.24) is 15.0 Å². The lowest BCUT2D eigenvalue weighted by Gasteiger charge is -2.04. The number of aryl methyl sites for hydroxylation is 1. The van der Waals surface area contributed by atoms with Crippen LogP contribution in [0.25, 0.3) is 22.5 Å². The van der Waals surface area contributed by atoms with Gasteiger partial charge in [-0.25, -0.2) is 9.97 Å². The molecule has 9 heteroatoms. The van der Waals surface area contributed by atoms with Gasteiger partial charge < -0.3 is 15.0 Å². The van der Waals surface area contributed by atoms with Gasteiger partial charge in [0.2, 0.25) is 5.91 Å². The van der Waals surface area contributed by atoms with E-state index in [2.05, 4.69) is 20.3 Å². The Morgan fingerprint density at radius 2 is 1.84 bits per heavy atom. The Kier molecular flexibility index (Phi) is 6.67. The van der Waals surface area contributed by atoms with E-state index in [-0.39, 0.29) is 17.2 Å². The first-order valence-electron chi connectivity index (χ1n) is 9.73. The Hall–Kier alpha value is -3.43.